The first kappa shape index (κ1) is 13.3. The molecule has 21 heavy (non-hydrogen) atoms. The fourth-order valence-corrected chi connectivity index (χ4v) is 2.42. The van der Waals surface area contributed by atoms with E-state index >= 15 is 0 Å². The van der Waals surface area contributed by atoms with E-state index in [9.17, 15) is 15.0 Å². The lowest BCUT2D eigenvalue weighted by Gasteiger charge is -2.26. The third kappa shape index (κ3) is 2.27. The Hall–Kier alpha value is -2.69. The molecule has 0 aliphatic carbocycles. The number of hydrogen-bond acceptors (Lipinski definition) is 5. The van der Waals surface area contributed by atoms with Gasteiger partial charge in [-0.15, -0.1) is 0 Å². The largest absolute Gasteiger partial charge is 0.504 e. The second-order valence-corrected chi connectivity index (χ2v) is 4.82. The van der Waals surface area contributed by atoms with Crippen molar-refractivity contribution in [2.75, 3.05) is 7.11 Å². The summed E-state index contributed by atoms with van der Waals surface area (Å²) in [5, 5.41) is 19.7. The summed E-state index contributed by atoms with van der Waals surface area (Å²) < 4.78 is 10.7. The summed E-state index contributed by atoms with van der Waals surface area (Å²) in [6.07, 6.45) is -0.391. The van der Waals surface area contributed by atoms with E-state index in [0.29, 0.717) is 16.9 Å². The number of carbonyl (C=O) groups is 1. The van der Waals surface area contributed by atoms with Crippen molar-refractivity contribution in [2.24, 2.45) is 0 Å². The van der Waals surface area contributed by atoms with Gasteiger partial charge < -0.3 is 19.7 Å². The Morgan fingerprint density at radius 1 is 1.19 bits per heavy atom. The van der Waals surface area contributed by atoms with Crippen LogP contribution in [-0.2, 0) is 0 Å². The number of rotatable bonds is 2. The predicted octanol–water partition coefficient (Wildman–Crippen LogP) is 2.81. The van der Waals surface area contributed by atoms with Gasteiger partial charge in [0.25, 0.3) is 0 Å². The van der Waals surface area contributed by atoms with E-state index in [-0.39, 0.29) is 29.5 Å². The fraction of sp³-hybridized carbons (Fsp3) is 0.188. The van der Waals surface area contributed by atoms with Crippen LogP contribution in [0.1, 0.15) is 28.4 Å². The summed E-state index contributed by atoms with van der Waals surface area (Å²) in [7, 11) is 1.46. The molecule has 0 unspecified atom stereocenters. The smallest absolute Gasteiger partial charge is 0.172 e. The molecule has 2 aromatic carbocycles. The van der Waals surface area contributed by atoms with Gasteiger partial charge in [0.05, 0.1) is 19.1 Å². The van der Waals surface area contributed by atoms with Gasteiger partial charge in [-0.05, 0) is 29.8 Å². The van der Waals surface area contributed by atoms with Gasteiger partial charge in [-0.1, -0.05) is 12.1 Å². The molecule has 1 aliphatic rings. The van der Waals surface area contributed by atoms with Gasteiger partial charge in [-0.2, -0.15) is 0 Å². The number of ether oxygens (including phenoxy) is 2. The van der Waals surface area contributed by atoms with Crippen LogP contribution in [0.3, 0.4) is 0 Å². The number of hydrogen-bond donors (Lipinski definition) is 2. The minimum atomic E-state index is -0.546. The number of para-hydroxylation sites is 1. The summed E-state index contributed by atoms with van der Waals surface area (Å²) in [6.45, 7) is 0. The summed E-state index contributed by atoms with van der Waals surface area (Å²) in [5.74, 6) is 0.350. The van der Waals surface area contributed by atoms with Gasteiger partial charge in [-0.25, -0.2) is 0 Å². The molecule has 1 aliphatic heterocycles. The van der Waals surface area contributed by atoms with Crippen molar-refractivity contribution in [3.63, 3.8) is 0 Å². The van der Waals surface area contributed by atoms with E-state index in [1.807, 2.05) is 0 Å². The number of carbonyl (C=O) groups excluding carboxylic acids is 1. The van der Waals surface area contributed by atoms with E-state index in [2.05, 4.69) is 0 Å². The number of aromatic hydroxyl groups is 2. The lowest BCUT2D eigenvalue weighted by Crippen LogP contribution is -2.20. The molecule has 0 fully saturated rings. The standard InChI is InChI=1S/C16H14O5/c1-20-14-6-5-9(7-13(14)19)15-8-12(18)10-3-2-4-11(17)16(10)21-15/h2-7,15,17,19H,8H2,1H3/t15-/m1/s1. The third-order valence-electron chi connectivity index (χ3n) is 3.50. The summed E-state index contributed by atoms with van der Waals surface area (Å²) in [6, 6.07) is 9.54. The van der Waals surface area contributed by atoms with Crippen LogP contribution in [0, 0.1) is 0 Å². The van der Waals surface area contributed by atoms with Crippen LogP contribution in [0.5, 0.6) is 23.0 Å². The van der Waals surface area contributed by atoms with Gasteiger partial charge in [0.2, 0.25) is 0 Å². The monoisotopic (exact) mass is 286 g/mol. The van der Waals surface area contributed by atoms with Crippen LogP contribution in [0.4, 0.5) is 0 Å². The molecule has 5 heteroatoms. The molecule has 0 aromatic heterocycles. The topological polar surface area (TPSA) is 76.0 Å². The maximum Gasteiger partial charge on any atom is 0.172 e. The molecule has 5 nitrogen and oxygen atoms in total. The van der Waals surface area contributed by atoms with Gasteiger partial charge in [0, 0.05) is 0 Å². The molecule has 3 rings (SSSR count). The highest BCUT2D eigenvalue weighted by molar-refractivity contribution is 6.00. The number of phenolic OH excluding ortho intramolecular Hbond substituents is 2. The zero-order chi connectivity index (χ0) is 15.0. The minimum absolute atomic E-state index is 0.0193. The molecule has 2 aromatic rings. The van der Waals surface area contributed by atoms with Gasteiger partial charge >= 0.3 is 0 Å². The highest BCUT2D eigenvalue weighted by atomic mass is 16.5. The average Bonchev–Trinajstić information content (AvgIpc) is 2.48. The second kappa shape index (κ2) is 5.01. The molecule has 1 atom stereocenters. The maximum absolute atomic E-state index is 12.2. The first-order chi connectivity index (χ1) is 10.1. The number of Topliss-reactive ketones (excluding diaryl/α,β-unsaturated/α-hetero) is 1. The van der Waals surface area contributed by atoms with Crippen LogP contribution >= 0.6 is 0 Å². The quantitative estimate of drug-likeness (QED) is 0.887. The Balaban J connectivity index is 1.97. The van der Waals surface area contributed by atoms with E-state index < -0.39 is 6.10 Å². The van der Waals surface area contributed by atoms with Crippen molar-refractivity contribution in [2.45, 2.75) is 12.5 Å². The van der Waals surface area contributed by atoms with Crippen molar-refractivity contribution >= 4 is 5.78 Å². The molecule has 0 amide bonds. The predicted molar refractivity (Wildman–Crippen MR) is 75.1 cm³/mol. The number of benzene rings is 2. The SMILES string of the molecule is COc1ccc([C@H]2CC(=O)c3cccc(O)c3O2)cc1O. The Morgan fingerprint density at radius 3 is 2.71 bits per heavy atom. The van der Waals surface area contributed by atoms with E-state index in [1.165, 1.54) is 19.2 Å². The summed E-state index contributed by atoms with van der Waals surface area (Å²) in [4.78, 5) is 12.2. The lowest BCUT2D eigenvalue weighted by molar-refractivity contribution is 0.0842. The molecular weight excluding hydrogens is 272 g/mol. The first-order valence-electron chi connectivity index (χ1n) is 6.49. The van der Waals surface area contributed by atoms with Crippen molar-refractivity contribution in [3.8, 4) is 23.0 Å². The van der Waals surface area contributed by atoms with Crippen LogP contribution in [0.15, 0.2) is 36.4 Å². The molecule has 0 saturated heterocycles. The molecular formula is C16H14O5. The molecule has 0 saturated carbocycles. The van der Waals surface area contributed by atoms with Gasteiger partial charge in [-0.3, -0.25) is 4.79 Å². The van der Waals surface area contributed by atoms with Crippen molar-refractivity contribution in [3.05, 3.63) is 47.5 Å². The summed E-state index contributed by atoms with van der Waals surface area (Å²) >= 11 is 0. The minimum Gasteiger partial charge on any atom is -0.504 e. The van der Waals surface area contributed by atoms with Gasteiger partial charge in [0.15, 0.2) is 28.8 Å². The Labute approximate surface area is 121 Å². The first-order valence-corrected chi connectivity index (χ1v) is 6.49. The second-order valence-electron chi connectivity index (χ2n) is 4.82. The third-order valence-corrected chi connectivity index (χ3v) is 3.50. The van der Waals surface area contributed by atoms with Crippen molar-refractivity contribution in [1.82, 2.24) is 0 Å². The molecule has 0 bridgehead atoms. The zero-order valence-electron chi connectivity index (χ0n) is 11.4. The van der Waals surface area contributed by atoms with Crippen LogP contribution in [-0.4, -0.2) is 23.1 Å². The normalized spacial score (nSPS) is 17.0. The van der Waals surface area contributed by atoms with Crippen LogP contribution in [0.25, 0.3) is 0 Å². The van der Waals surface area contributed by atoms with Crippen LogP contribution in [0.2, 0.25) is 0 Å². The van der Waals surface area contributed by atoms with E-state index in [1.54, 1.807) is 24.3 Å². The number of phenols is 2. The molecule has 1 heterocycles. The molecule has 2 N–H and O–H groups in total. The zero-order valence-corrected chi connectivity index (χ0v) is 11.4. The molecule has 108 valence electrons. The molecule has 0 radical (unpaired) electrons. The highest BCUT2D eigenvalue weighted by Crippen LogP contribution is 2.41. The van der Waals surface area contributed by atoms with Crippen molar-refractivity contribution < 1.29 is 24.5 Å². The number of fused-ring (bicyclic) bond motifs is 1. The Morgan fingerprint density at radius 2 is 2.00 bits per heavy atom. The summed E-state index contributed by atoms with van der Waals surface area (Å²) in [5.41, 5.74) is 1.03. The molecule has 0 spiro atoms. The Bertz CT molecular complexity index is 708. The van der Waals surface area contributed by atoms with Crippen LogP contribution < -0.4 is 9.47 Å². The van der Waals surface area contributed by atoms with Gasteiger partial charge in [0.1, 0.15) is 6.10 Å². The Kier molecular flexibility index (Phi) is 3.17. The van der Waals surface area contributed by atoms with Crippen molar-refractivity contribution in [1.29, 1.82) is 0 Å². The number of ketones is 1. The lowest BCUT2D eigenvalue weighted by atomic mass is 9.96. The average molecular weight is 286 g/mol. The van der Waals surface area contributed by atoms with E-state index in [0.717, 1.165) is 0 Å². The maximum atomic E-state index is 12.2. The van der Waals surface area contributed by atoms with E-state index in [4.69, 9.17) is 9.47 Å². The fourth-order valence-electron chi connectivity index (χ4n) is 2.42. The highest BCUT2D eigenvalue weighted by Gasteiger charge is 2.29. The number of methoxy groups -OCH3 is 1.